The van der Waals surface area contributed by atoms with Crippen molar-refractivity contribution in [3.05, 3.63) is 60.6 Å². The van der Waals surface area contributed by atoms with E-state index in [9.17, 15) is 13.2 Å². The number of aromatic nitrogens is 2. The molecule has 162 valence electrons. The third-order valence-electron chi connectivity index (χ3n) is 4.10. The van der Waals surface area contributed by atoms with Gasteiger partial charge in [-0.15, -0.1) is 0 Å². The Balaban J connectivity index is 2.31. The molecule has 2 aromatic rings. The number of anilines is 1. The van der Waals surface area contributed by atoms with E-state index >= 15 is 0 Å². The van der Waals surface area contributed by atoms with E-state index < -0.39 is 17.3 Å². The SMILES string of the molecule is C=C(/N=C(\C=C(/N)C(F)(F)F)C(C)(C)C)Nc1ccc(-n2cnc(C)c2)c(OC)c1. The standard InChI is InChI=1S/C21H26F3N5O/c1-13-11-29(12-26-13)16-8-7-15(9-17(16)30-6)27-14(2)28-19(20(3,4)5)10-18(25)21(22,23)24/h7-12,27H,2,25H2,1,3-6H3/b18-10-,28-19+. The van der Waals surface area contributed by atoms with Crippen molar-refractivity contribution in [2.75, 3.05) is 12.4 Å². The molecule has 0 spiro atoms. The van der Waals surface area contributed by atoms with Crippen molar-refractivity contribution in [2.45, 2.75) is 33.9 Å². The van der Waals surface area contributed by atoms with Crippen LogP contribution in [-0.4, -0.2) is 28.5 Å². The average molecular weight is 421 g/mol. The number of aryl methyl sites for hydroxylation is 1. The van der Waals surface area contributed by atoms with E-state index in [1.807, 2.05) is 23.8 Å². The van der Waals surface area contributed by atoms with Crippen LogP contribution in [0.25, 0.3) is 5.69 Å². The van der Waals surface area contributed by atoms with Crippen molar-refractivity contribution in [3.63, 3.8) is 0 Å². The number of methoxy groups -OCH3 is 1. The predicted octanol–water partition coefficient (Wildman–Crippen LogP) is 4.96. The summed E-state index contributed by atoms with van der Waals surface area (Å²) >= 11 is 0. The first kappa shape index (κ1) is 23.1. The zero-order valence-electron chi connectivity index (χ0n) is 17.6. The van der Waals surface area contributed by atoms with Crippen LogP contribution in [0.3, 0.4) is 0 Å². The van der Waals surface area contributed by atoms with Crippen LogP contribution in [0.4, 0.5) is 18.9 Å². The fourth-order valence-electron chi connectivity index (χ4n) is 2.51. The Hall–Kier alpha value is -3.23. The Bertz CT molecular complexity index is 981. The van der Waals surface area contributed by atoms with Crippen LogP contribution in [-0.2, 0) is 0 Å². The number of nitrogens with one attached hydrogen (secondary N) is 1. The number of hydrogen-bond acceptors (Lipinski definition) is 5. The normalized spacial score (nSPS) is 13.3. The van der Waals surface area contributed by atoms with Crippen LogP contribution in [0, 0.1) is 12.3 Å². The first-order valence-corrected chi connectivity index (χ1v) is 9.09. The number of rotatable bonds is 6. The van der Waals surface area contributed by atoms with E-state index in [4.69, 9.17) is 10.5 Å². The minimum atomic E-state index is -4.63. The zero-order chi connectivity index (χ0) is 22.7. The summed E-state index contributed by atoms with van der Waals surface area (Å²) in [7, 11) is 1.54. The van der Waals surface area contributed by atoms with E-state index in [1.165, 1.54) is 0 Å². The van der Waals surface area contributed by atoms with Gasteiger partial charge in [-0.05, 0) is 25.1 Å². The predicted molar refractivity (Wildman–Crippen MR) is 113 cm³/mol. The maximum Gasteiger partial charge on any atom is 0.430 e. The van der Waals surface area contributed by atoms with Crippen molar-refractivity contribution in [2.24, 2.45) is 16.1 Å². The van der Waals surface area contributed by atoms with Crippen molar-refractivity contribution in [3.8, 4) is 11.4 Å². The van der Waals surface area contributed by atoms with E-state index in [0.717, 1.165) is 17.5 Å². The fraction of sp³-hybridized carbons (Fsp3) is 0.333. The number of imidazole rings is 1. The molecule has 0 aliphatic rings. The molecule has 30 heavy (non-hydrogen) atoms. The largest absolute Gasteiger partial charge is 0.494 e. The number of alkyl halides is 3. The molecule has 0 aliphatic heterocycles. The Morgan fingerprint density at radius 1 is 1.30 bits per heavy atom. The minimum absolute atomic E-state index is 0.146. The molecule has 0 unspecified atom stereocenters. The Morgan fingerprint density at radius 2 is 1.97 bits per heavy atom. The van der Waals surface area contributed by atoms with Crippen LogP contribution in [0.1, 0.15) is 26.5 Å². The average Bonchev–Trinajstić information content (AvgIpc) is 3.05. The molecule has 0 radical (unpaired) electrons. The molecule has 0 saturated carbocycles. The molecular formula is C21H26F3N5O. The summed E-state index contributed by atoms with van der Waals surface area (Å²) in [5, 5.41) is 2.98. The molecule has 0 atom stereocenters. The van der Waals surface area contributed by atoms with Gasteiger partial charge >= 0.3 is 6.18 Å². The van der Waals surface area contributed by atoms with Gasteiger partial charge in [0.05, 0.1) is 30.5 Å². The van der Waals surface area contributed by atoms with Gasteiger partial charge in [0.25, 0.3) is 0 Å². The molecule has 1 aromatic carbocycles. The summed E-state index contributed by atoms with van der Waals surface area (Å²) in [6, 6.07) is 5.35. The van der Waals surface area contributed by atoms with Crippen molar-refractivity contribution >= 4 is 11.4 Å². The Kier molecular flexibility index (Phi) is 6.64. The summed E-state index contributed by atoms with van der Waals surface area (Å²) < 4.78 is 45.8. The number of ether oxygens (including phenoxy) is 1. The number of halogens is 3. The molecule has 0 fully saturated rings. The van der Waals surface area contributed by atoms with Crippen LogP contribution in [0.5, 0.6) is 5.75 Å². The fourth-order valence-corrected chi connectivity index (χ4v) is 2.51. The van der Waals surface area contributed by atoms with Gasteiger partial charge in [0.2, 0.25) is 0 Å². The van der Waals surface area contributed by atoms with E-state index in [2.05, 4.69) is 21.9 Å². The summed E-state index contributed by atoms with van der Waals surface area (Å²) in [6.07, 6.45) is -0.259. The monoisotopic (exact) mass is 421 g/mol. The molecule has 9 heteroatoms. The lowest BCUT2D eigenvalue weighted by atomic mass is 9.89. The molecule has 0 aliphatic carbocycles. The first-order valence-electron chi connectivity index (χ1n) is 9.09. The topological polar surface area (TPSA) is 77.5 Å². The van der Waals surface area contributed by atoms with Gasteiger partial charge in [-0.2, -0.15) is 13.2 Å². The Labute approximate surface area is 174 Å². The highest BCUT2D eigenvalue weighted by molar-refractivity contribution is 6.00. The number of benzene rings is 1. The maximum atomic E-state index is 12.8. The van der Waals surface area contributed by atoms with Crippen molar-refractivity contribution in [1.82, 2.24) is 9.55 Å². The first-order chi connectivity index (χ1) is 13.8. The summed E-state index contributed by atoms with van der Waals surface area (Å²) in [4.78, 5) is 8.43. The molecule has 1 aromatic heterocycles. The lowest BCUT2D eigenvalue weighted by molar-refractivity contribution is -0.0925. The van der Waals surface area contributed by atoms with Crippen molar-refractivity contribution < 1.29 is 17.9 Å². The summed E-state index contributed by atoms with van der Waals surface area (Å²) in [6.45, 7) is 10.9. The number of aliphatic imine (C=N–C) groups is 1. The third-order valence-corrected chi connectivity index (χ3v) is 4.10. The van der Waals surface area contributed by atoms with Crippen LogP contribution in [0.2, 0.25) is 0 Å². The van der Waals surface area contributed by atoms with Gasteiger partial charge < -0.3 is 20.4 Å². The highest BCUT2D eigenvalue weighted by Gasteiger charge is 2.33. The zero-order valence-corrected chi connectivity index (χ0v) is 17.6. The maximum absolute atomic E-state index is 12.8. The lowest BCUT2D eigenvalue weighted by Gasteiger charge is -2.21. The summed E-state index contributed by atoms with van der Waals surface area (Å²) in [5.74, 6) is 0.742. The molecule has 0 amide bonds. The van der Waals surface area contributed by atoms with Crippen LogP contribution >= 0.6 is 0 Å². The Morgan fingerprint density at radius 3 is 2.47 bits per heavy atom. The van der Waals surface area contributed by atoms with E-state index in [0.29, 0.717) is 11.4 Å². The minimum Gasteiger partial charge on any atom is -0.494 e. The highest BCUT2D eigenvalue weighted by atomic mass is 19.4. The second-order valence-electron chi connectivity index (χ2n) is 7.73. The smallest absolute Gasteiger partial charge is 0.430 e. The molecule has 2 rings (SSSR count). The van der Waals surface area contributed by atoms with Gasteiger partial charge in [0.15, 0.2) is 0 Å². The molecule has 1 heterocycles. The number of allylic oxidation sites excluding steroid dienone is 2. The number of hydrogen-bond donors (Lipinski definition) is 2. The van der Waals surface area contributed by atoms with Gasteiger partial charge in [0, 0.05) is 23.4 Å². The number of nitrogens with two attached hydrogens (primary N) is 1. The second-order valence-corrected chi connectivity index (χ2v) is 7.73. The quantitative estimate of drug-likeness (QED) is 0.646. The molecular weight excluding hydrogens is 395 g/mol. The lowest BCUT2D eigenvalue weighted by Crippen LogP contribution is -2.25. The molecule has 0 saturated heterocycles. The van der Waals surface area contributed by atoms with Crippen LogP contribution in [0.15, 0.2) is 59.9 Å². The van der Waals surface area contributed by atoms with E-state index in [1.54, 1.807) is 46.3 Å². The van der Waals surface area contributed by atoms with Gasteiger partial charge in [-0.1, -0.05) is 27.4 Å². The van der Waals surface area contributed by atoms with Gasteiger partial charge in [-0.3, -0.25) is 0 Å². The summed E-state index contributed by atoms with van der Waals surface area (Å²) in [5.41, 5.74) is 5.68. The van der Waals surface area contributed by atoms with Gasteiger partial charge in [0.1, 0.15) is 17.3 Å². The molecule has 0 bridgehead atoms. The number of nitrogens with zero attached hydrogens (tertiary/aromatic N) is 3. The molecule has 3 N–H and O–H groups in total. The van der Waals surface area contributed by atoms with Crippen LogP contribution < -0.4 is 15.8 Å². The highest BCUT2D eigenvalue weighted by Crippen LogP contribution is 2.29. The second kappa shape index (κ2) is 8.64. The van der Waals surface area contributed by atoms with Gasteiger partial charge in [-0.25, -0.2) is 9.98 Å². The van der Waals surface area contributed by atoms with E-state index in [-0.39, 0.29) is 11.5 Å². The third kappa shape index (κ3) is 5.88. The molecule has 6 nitrogen and oxygen atoms in total. The van der Waals surface area contributed by atoms with Crippen molar-refractivity contribution in [1.29, 1.82) is 0 Å².